The topological polar surface area (TPSA) is 47.3 Å². The van der Waals surface area contributed by atoms with E-state index in [0.717, 1.165) is 28.8 Å². The summed E-state index contributed by atoms with van der Waals surface area (Å²) in [6.07, 6.45) is 3.87. The Bertz CT molecular complexity index is 966. The third-order valence-corrected chi connectivity index (χ3v) is 5.21. The summed E-state index contributed by atoms with van der Waals surface area (Å²) in [4.78, 5) is 4.23. The Morgan fingerprint density at radius 1 is 1.32 bits per heavy atom. The van der Waals surface area contributed by atoms with Crippen LogP contribution in [0.4, 0.5) is 4.39 Å². The van der Waals surface area contributed by atoms with E-state index in [2.05, 4.69) is 21.7 Å². The molecule has 0 radical (unpaired) electrons. The van der Waals surface area contributed by atoms with Crippen molar-refractivity contribution in [1.82, 2.24) is 9.55 Å². The lowest BCUT2D eigenvalue weighted by molar-refractivity contribution is 0.149. The van der Waals surface area contributed by atoms with Gasteiger partial charge in [0, 0.05) is 30.0 Å². The highest BCUT2D eigenvalue weighted by Gasteiger charge is 2.31. The van der Waals surface area contributed by atoms with E-state index in [0.29, 0.717) is 24.3 Å². The van der Waals surface area contributed by atoms with Crippen molar-refractivity contribution in [2.45, 2.75) is 25.0 Å². The molecule has 0 fully saturated rings. The molecule has 0 bridgehead atoms. The molecule has 2 unspecified atom stereocenters. The van der Waals surface area contributed by atoms with Crippen molar-refractivity contribution >= 4 is 0 Å². The van der Waals surface area contributed by atoms with E-state index in [-0.39, 0.29) is 6.04 Å². The van der Waals surface area contributed by atoms with Gasteiger partial charge >= 0.3 is 0 Å². The molecule has 0 amide bonds. The first-order chi connectivity index (χ1) is 12.2. The molecule has 2 atom stereocenters. The molecule has 1 aromatic heterocycles. The number of aliphatic hydroxyl groups excluding tert-OH is 1. The molecule has 2 aliphatic heterocycles. The van der Waals surface area contributed by atoms with E-state index in [1.54, 1.807) is 12.4 Å². The number of halogens is 1. The van der Waals surface area contributed by atoms with Crippen molar-refractivity contribution in [3.8, 4) is 17.0 Å². The van der Waals surface area contributed by atoms with Gasteiger partial charge in [-0.3, -0.25) is 0 Å². The summed E-state index contributed by atoms with van der Waals surface area (Å²) in [6, 6.07) is 11.2. The zero-order chi connectivity index (χ0) is 17.0. The van der Waals surface area contributed by atoms with Crippen molar-refractivity contribution in [2.75, 3.05) is 6.61 Å². The first-order valence-electron chi connectivity index (χ1n) is 8.46. The van der Waals surface area contributed by atoms with Crippen LogP contribution in [0.1, 0.15) is 35.3 Å². The summed E-state index contributed by atoms with van der Waals surface area (Å²) >= 11 is 0. The van der Waals surface area contributed by atoms with Crippen LogP contribution in [-0.2, 0) is 6.42 Å². The minimum absolute atomic E-state index is 0.0485. The number of nitrogens with zero attached hydrogens (tertiary/aromatic N) is 2. The number of fused-ring (bicyclic) bond motifs is 4. The van der Waals surface area contributed by atoms with Gasteiger partial charge in [-0.15, -0.1) is 0 Å². The van der Waals surface area contributed by atoms with Gasteiger partial charge in [-0.05, 0) is 17.2 Å². The fourth-order valence-corrected chi connectivity index (χ4v) is 3.99. The molecule has 5 rings (SSSR count). The Kier molecular flexibility index (Phi) is 3.18. The summed E-state index contributed by atoms with van der Waals surface area (Å²) in [5.74, 6) is 0.182. The average molecular weight is 336 g/mol. The lowest BCUT2D eigenvalue weighted by atomic mass is 9.94. The van der Waals surface area contributed by atoms with E-state index in [1.807, 2.05) is 18.3 Å². The smallest absolute Gasteiger partial charge is 0.132 e. The van der Waals surface area contributed by atoms with Gasteiger partial charge in [-0.25, -0.2) is 9.37 Å². The molecular formula is C20H17FN2O2. The summed E-state index contributed by atoms with van der Waals surface area (Å²) in [6.45, 7) is 0.572. The summed E-state index contributed by atoms with van der Waals surface area (Å²) in [5.41, 5.74) is 4.61. The predicted molar refractivity (Wildman–Crippen MR) is 91.0 cm³/mol. The number of imidazole rings is 1. The molecule has 25 heavy (non-hydrogen) atoms. The minimum Gasteiger partial charge on any atom is -0.493 e. The van der Waals surface area contributed by atoms with Gasteiger partial charge in [0.25, 0.3) is 0 Å². The average Bonchev–Trinajstić information content (AvgIpc) is 3.31. The highest BCUT2D eigenvalue weighted by molar-refractivity contribution is 5.68. The van der Waals surface area contributed by atoms with Gasteiger partial charge in [0.1, 0.15) is 11.6 Å². The molecule has 0 aliphatic carbocycles. The number of aromatic nitrogens is 2. The lowest BCUT2D eigenvalue weighted by Gasteiger charge is -2.20. The highest BCUT2D eigenvalue weighted by Crippen LogP contribution is 2.43. The number of hydrogen-bond donors (Lipinski definition) is 1. The second-order valence-corrected chi connectivity index (χ2v) is 6.62. The SMILES string of the molecule is OC(CC1c2ccccc2-c2cncn21)c1cc2c(cc1F)OCC2. The first-order valence-corrected chi connectivity index (χ1v) is 8.46. The largest absolute Gasteiger partial charge is 0.493 e. The van der Waals surface area contributed by atoms with Crippen LogP contribution in [0, 0.1) is 5.82 Å². The van der Waals surface area contributed by atoms with Crippen LogP contribution in [0.3, 0.4) is 0 Å². The maximum absolute atomic E-state index is 14.4. The molecular weight excluding hydrogens is 319 g/mol. The summed E-state index contributed by atoms with van der Waals surface area (Å²) in [5, 5.41) is 10.8. The van der Waals surface area contributed by atoms with E-state index in [1.165, 1.54) is 6.07 Å². The van der Waals surface area contributed by atoms with Crippen LogP contribution >= 0.6 is 0 Å². The summed E-state index contributed by atoms with van der Waals surface area (Å²) in [7, 11) is 0. The quantitative estimate of drug-likeness (QED) is 0.794. The number of ether oxygens (including phenoxy) is 1. The number of benzene rings is 2. The molecule has 0 spiro atoms. The van der Waals surface area contributed by atoms with Crippen molar-refractivity contribution in [3.63, 3.8) is 0 Å². The van der Waals surface area contributed by atoms with Crippen LogP contribution in [-0.4, -0.2) is 21.3 Å². The fourth-order valence-electron chi connectivity index (χ4n) is 3.99. The molecule has 2 aliphatic rings. The Morgan fingerprint density at radius 2 is 2.20 bits per heavy atom. The van der Waals surface area contributed by atoms with Gasteiger partial charge in [-0.1, -0.05) is 24.3 Å². The normalized spacial score (nSPS) is 18.4. The van der Waals surface area contributed by atoms with E-state index in [9.17, 15) is 9.50 Å². The van der Waals surface area contributed by atoms with Gasteiger partial charge in [0.05, 0.1) is 37.0 Å². The Labute approximate surface area is 144 Å². The molecule has 0 saturated heterocycles. The first kappa shape index (κ1) is 14.7. The zero-order valence-electron chi connectivity index (χ0n) is 13.5. The van der Waals surface area contributed by atoms with Gasteiger partial charge in [-0.2, -0.15) is 0 Å². The van der Waals surface area contributed by atoms with Crippen LogP contribution in [0.5, 0.6) is 5.75 Å². The van der Waals surface area contributed by atoms with Gasteiger partial charge in [0.15, 0.2) is 0 Å². The van der Waals surface area contributed by atoms with E-state index >= 15 is 0 Å². The summed E-state index contributed by atoms with van der Waals surface area (Å²) < 4.78 is 21.9. The number of rotatable bonds is 3. The second-order valence-electron chi connectivity index (χ2n) is 6.62. The van der Waals surface area contributed by atoms with Crippen LogP contribution in [0.15, 0.2) is 48.9 Å². The molecule has 3 aromatic rings. The standard InChI is InChI=1S/C20H17FN2O2/c21-16-8-20-12(5-6-25-20)7-15(16)19(24)9-17-13-3-1-2-4-14(13)18-10-22-11-23(17)18/h1-4,7-8,10-11,17,19,24H,5-6,9H2. The monoisotopic (exact) mass is 336 g/mol. The molecule has 0 saturated carbocycles. The third-order valence-electron chi connectivity index (χ3n) is 5.21. The number of hydrogen-bond acceptors (Lipinski definition) is 3. The van der Waals surface area contributed by atoms with Crippen molar-refractivity contribution in [3.05, 3.63) is 71.4 Å². The van der Waals surface area contributed by atoms with E-state index in [4.69, 9.17) is 4.74 Å². The maximum atomic E-state index is 14.4. The predicted octanol–water partition coefficient (Wildman–Crippen LogP) is 3.65. The van der Waals surface area contributed by atoms with Crippen LogP contribution in [0.25, 0.3) is 11.3 Å². The van der Waals surface area contributed by atoms with Crippen molar-refractivity contribution in [2.24, 2.45) is 0 Å². The Morgan fingerprint density at radius 3 is 3.12 bits per heavy atom. The van der Waals surface area contributed by atoms with Crippen molar-refractivity contribution < 1.29 is 14.2 Å². The molecule has 3 heterocycles. The molecule has 1 N–H and O–H groups in total. The lowest BCUT2D eigenvalue weighted by Crippen LogP contribution is -2.11. The minimum atomic E-state index is -0.891. The fraction of sp³-hybridized carbons (Fsp3) is 0.250. The Hall–Kier alpha value is -2.66. The van der Waals surface area contributed by atoms with Gasteiger partial charge < -0.3 is 14.4 Å². The third kappa shape index (κ3) is 2.19. The molecule has 4 nitrogen and oxygen atoms in total. The van der Waals surface area contributed by atoms with E-state index < -0.39 is 11.9 Å². The van der Waals surface area contributed by atoms with Crippen LogP contribution in [0.2, 0.25) is 0 Å². The second kappa shape index (κ2) is 5.43. The van der Waals surface area contributed by atoms with Crippen molar-refractivity contribution in [1.29, 1.82) is 0 Å². The zero-order valence-corrected chi connectivity index (χ0v) is 13.5. The van der Waals surface area contributed by atoms with Crippen LogP contribution < -0.4 is 4.74 Å². The molecule has 2 aromatic carbocycles. The maximum Gasteiger partial charge on any atom is 0.132 e. The Balaban J connectivity index is 1.50. The number of aliphatic hydroxyl groups is 1. The van der Waals surface area contributed by atoms with Gasteiger partial charge in [0.2, 0.25) is 0 Å². The molecule has 126 valence electrons. The highest BCUT2D eigenvalue weighted by atomic mass is 19.1. The molecule has 5 heteroatoms.